The maximum absolute atomic E-state index is 12.0. The Morgan fingerprint density at radius 1 is 0.576 bits per heavy atom. The fraction of sp³-hybridized carbons (Fsp3) is 0.385. The van der Waals surface area contributed by atoms with Gasteiger partial charge < -0.3 is 0 Å². The van der Waals surface area contributed by atoms with Crippen LogP contribution >= 0.6 is 9.30 Å². The first-order valence-electron chi connectivity index (χ1n) is 11.0. The molecule has 6 saturated carbocycles. The van der Waals surface area contributed by atoms with Crippen molar-refractivity contribution in [1.82, 2.24) is 0 Å². The average molecular weight is 513 g/mol. The van der Waals surface area contributed by atoms with Crippen molar-refractivity contribution in [2.75, 3.05) is 0 Å². The third-order valence-electron chi connectivity index (χ3n) is 7.38. The zero-order chi connectivity index (χ0) is 23.7. The van der Waals surface area contributed by atoms with Gasteiger partial charge in [-0.05, 0) is 124 Å². The van der Waals surface area contributed by atoms with Gasteiger partial charge in [0.25, 0.3) is 0 Å². The fourth-order valence-corrected chi connectivity index (χ4v) is 5.97. The van der Waals surface area contributed by atoms with Crippen LogP contribution in [0.3, 0.4) is 0 Å². The summed E-state index contributed by atoms with van der Waals surface area (Å²) >= 11 is 1.47. The molecule has 0 spiro atoms. The molecule has 10 radical (unpaired) electrons. The number of halogens is 6. The number of hydrogen-bond acceptors (Lipinski definition) is 0. The molecule has 1 aromatic rings. The van der Waals surface area contributed by atoms with E-state index < -0.39 is 29.1 Å². The van der Waals surface area contributed by atoms with E-state index in [1.54, 1.807) is 23.7 Å². The van der Waals surface area contributed by atoms with Crippen molar-refractivity contribution in [1.29, 1.82) is 0 Å². The third-order valence-corrected chi connectivity index (χ3v) is 7.38. The molecule has 0 saturated heterocycles. The summed E-state index contributed by atoms with van der Waals surface area (Å²) in [6, 6.07) is 1.02. The molecular weight excluding hydrogens is 491 g/mol. The van der Waals surface area contributed by atoms with Crippen molar-refractivity contribution in [3.05, 3.63) is 97.3 Å². The predicted molar refractivity (Wildman–Crippen MR) is 111 cm³/mol. The van der Waals surface area contributed by atoms with Crippen LogP contribution in [0.1, 0.15) is 38.5 Å². The van der Waals surface area contributed by atoms with Crippen molar-refractivity contribution in [3.63, 3.8) is 0 Å². The number of hydrogen-bond donors (Lipinski definition) is 0. The first-order valence-corrected chi connectivity index (χ1v) is 13.2. The molecule has 0 aromatic heterocycles. The van der Waals surface area contributed by atoms with E-state index in [1.807, 2.05) is 0 Å². The molecule has 0 amide bonds. The van der Waals surface area contributed by atoms with Gasteiger partial charge in [-0.25, -0.2) is 13.2 Å². The molecule has 4 unspecified atom stereocenters. The Morgan fingerprint density at radius 3 is 1.18 bits per heavy atom. The van der Waals surface area contributed by atoms with Gasteiger partial charge in [0.05, 0.1) is 29.1 Å². The van der Waals surface area contributed by atoms with Crippen LogP contribution < -0.4 is 0 Å². The van der Waals surface area contributed by atoms with Gasteiger partial charge in [-0.2, -0.15) is 0 Å². The van der Waals surface area contributed by atoms with Gasteiger partial charge in [0.15, 0.2) is 0 Å². The summed E-state index contributed by atoms with van der Waals surface area (Å²) in [6.07, 6.45) is 22.5. The Hall–Kier alpha value is -0.126. The normalized spacial score (nSPS) is 31.9. The standard InChI is InChI=1S/2C10H11.C6F5.ClH.Ti/c2*1-2-9-7-4-5-8(6-7)10(9)3-1;7-2-1-3(8)5(10)6(11)4(2)9;;/h2*1-3,7-8H,4-6H2;;1H;/q;;-1;;+2/p-1. The molecule has 33 heavy (non-hydrogen) atoms. The molecular formula is C26H22ClF5Ti. The van der Waals surface area contributed by atoms with Crippen LogP contribution in [0.2, 0.25) is 0 Å². The summed E-state index contributed by atoms with van der Waals surface area (Å²) in [4.78, 5) is 0. The van der Waals surface area contributed by atoms with Crippen LogP contribution in [0.15, 0.2) is 0 Å². The molecule has 4 bridgehead atoms. The van der Waals surface area contributed by atoms with E-state index in [9.17, 15) is 22.0 Å². The van der Waals surface area contributed by atoms with E-state index in [0.717, 1.165) is 29.7 Å². The van der Waals surface area contributed by atoms with Crippen LogP contribution in [0.25, 0.3) is 0 Å². The molecule has 172 valence electrons. The third kappa shape index (κ3) is 5.21. The molecule has 0 nitrogen and oxygen atoms in total. The van der Waals surface area contributed by atoms with E-state index in [0.29, 0.717) is 0 Å². The van der Waals surface area contributed by atoms with Crippen LogP contribution in [-0.4, -0.2) is 0 Å². The zero-order valence-electron chi connectivity index (χ0n) is 17.8. The second kappa shape index (κ2) is 11.3. The van der Waals surface area contributed by atoms with E-state index in [4.69, 9.17) is 0 Å². The van der Waals surface area contributed by atoms with Crippen molar-refractivity contribution in [2.24, 2.45) is 23.7 Å². The predicted octanol–water partition coefficient (Wildman–Crippen LogP) is 7.25. The SMILES string of the molecule is Fc1[c-]c(F)c(F)c(F)c1F.[CH]1[CH][C]2[C]([CH]1)C1CCC2C1.[CH]1[CH][C]2[C]([CH]1)C1CCC2C1.[Cl][Ti+]. The Bertz CT molecular complexity index is 726. The Morgan fingerprint density at radius 2 is 0.879 bits per heavy atom. The molecule has 7 rings (SSSR count). The first-order chi connectivity index (χ1) is 15.9. The Balaban J connectivity index is 0.000000113. The summed E-state index contributed by atoms with van der Waals surface area (Å²) < 4.78 is 59.9. The molecule has 0 aliphatic heterocycles. The summed E-state index contributed by atoms with van der Waals surface area (Å²) in [6.45, 7) is 0. The minimum absolute atomic E-state index is 0.954. The molecule has 1 aromatic carbocycles. The molecule has 6 aliphatic carbocycles. The molecule has 0 heterocycles. The zero-order valence-corrected chi connectivity index (χ0v) is 20.1. The Labute approximate surface area is 209 Å². The van der Waals surface area contributed by atoms with Crippen LogP contribution in [0, 0.1) is 121 Å². The van der Waals surface area contributed by atoms with Gasteiger partial charge in [0, 0.05) is 0 Å². The van der Waals surface area contributed by atoms with Gasteiger partial charge in [-0.1, -0.05) is 0 Å². The number of rotatable bonds is 0. The molecule has 7 heteroatoms. The second-order valence-electron chi connectivity index (χ2n) is 8.98. The van der Waals surface area contributed by atoms with Gasteiger partial charge in [-0.3, -0.25) is 8.78 Å². The summed E-state index contributed by atoms with van der Waals surface area (Å²) in [7, 11) is 4.64. The van der Waals surface area contributed by atoms with E-state index in [2.05, 4.69) is 47.8 Å². The van der Waals surface area contributed by atoms with Crippen LogP contribution in [0.5, 0.6) is 0 Å². The number of fused-ring (bicyclic) bond motifs is 10. The topological polar surface area (TPSA) is 0 Å². The van der Waals surface area contributed by atoms with Crippen LogP contribution in [0.4, 0.5) is 22.0 Å². The quantitative estimate of drug-likeness (QED) is 0.113. The van der Waals surface area contributed by atoms with E-state index >= 15 is 0 Å². The van der Waals surface area contributed by atoms with Gasteiger partial charge in [0.1, 0.15) is 0 Å². The average Bonchev–Trinajstić information content (AvgIpc) is 3.64. The van der Waals surface area contributed by atoms with Gasteiger partial charge in [0.2, 0.25) is 0 Å². The Kier molecular flexibility index (Phi) is 8.88. The van der Waals surface area contributed by atoms with Crippen molar-refractivity contribution >= 4 is 9.30 Å². The van der Waals surface area contributed by atoms with Crippen LogP contribution in [-0.2, 0) is 19.4 Å². The molecule has 6 fully saturated rings. The van der Waals surface area contributed by atoms with Crippen molar-refractivity contribution < 1.29 is 41.3 Å². The number of benzene rings is 1. The van der Waals surface area contributed by atoms with Crippen molar-refractivity contribution in [3.8, 4) is 0 Å². The van der Waals surface area contributed by atoms with Gasteiger partial charge >= 0.3 is 28.7 Å². The van der Waals surface area contributed by atoms with E-state index in [-0.39, 0.29) is 0 Å². The second-order valence-corrected chi connectivity index (χ2v) is 8.98. The monoisotopic (exact) mass is 512 g/mol. The minimum atomic E-state index is -2.17. The summed E-state index contributed by atoms with van der Waals surface area (Å²) in [5, 5.41) is 0. The first kappa shape index (κ1) is 26.0. The summed E-state index contributed by atoms with van der Waals surface area (Å²) in [5.41, 5.74) is 0. The van der Waals surface area contributed by atoms with E-state index in [1.165, 1.54) is 57.9 Å². The molecule has 0 N–H and O–H groups in total. The molecule has 4 atom stereocenters. The summed E-state index contributed by atoms with van der Waals surface area (Å²) in [5.74, 6) is 0.476. The maximum atomic E-state index is 12.0. The van der Waals surface area contributed by atoms with Gasteiger partial charge in [-0.15, -0.1) is 6.07 Å². The fourth-order valence-electron chi connectivity index (χ4n) is 5.97. The van der Waals surface area contributed by atoms with Crippen molar-refractivity contribution in [2.45, 2.75) is 38.5 Å². The molecule has 6 aliphatic rings.